The van der Waals surface area contributed by atoms with Gasteiger partial charge in [0.25, 0.3) is 5.91 Å². The molecule has 0 saturated carbocycles. The van der Waals surface area contributed by atoms with E-state index in [1.807, 2.05) is 0 Å². The van der Waals surface area contributed by atoms with Gasteiger partial charge in [0.1, 0.15) is 12.6 Å². The Labute approximate surface area is 225 Å². The number of rotatable bonds is 21. The van der Waals surface area contributed by atoms with Crippen LogP contribution in [-0.4, -0.2) is 109 Å². The number of aliphatic hydroxyl groups is 2. The smallest absolute Gasteiger partial charge is 0.322 e. The molecule has 0 saturated heterocycles. The number of hydrogen-bond acceptors (Lipinski definition) is 11. The lowest BCUT2D eigenvalue weighted by atomic mass is 10.2. The summed E-state index contributed by atoms with van der Waals surface area (Å²) < 4.78 is 0. The van der Waals surface area contributed by atoms with Crippen LogP contribution in [0.5, 0.6) is 0 Å². The fourth-order valence-electron chi connectivity index (χ4n) is 2.50. The minimum atomic E-state index is -1.83. The number of hydrogen-bond donors (Lipinski definition) is 9. The van der Waals surface area contributed by atoms with E-state index in [0.717, 1.165) is 23.5 Å². The van der Waals surface area contributed by atoms with E-state index in [2.05, 4.69) is 21.3 Å². The van der Waals surface area contributed by atoms with Crippen LogP contribution in [0.2, 0.25) is 0 Å². The molecule has 0 spiro atoms. The van der Waals surface area contributed by atoms with Crippen molar-refractivity contribution in [2.75, 3.05) is 23.9 Å². The highest BCUT2D eigenvalue weighted by Crippen LogP contribution is 2.18. The van der Waals surface area contributed by atoms with Crippen molar-refractivity contribution < 1.29 is 59.1 Å². The van der Waals surface area contributed by atoms with Gasteiger partial charge in [-0.05, 0) is 12.8 Å². The van der Waals surface area contributed by atoms with E-state index in [1.165, 1.54) is 0 Å². The van der Waals surface area contributed by atoms with E-state index in [-0.39, 0.29) is 49.4 Å². The van der Waals surface area contributed by atoms with Crippen molar-refractivity contribution in [3.63, 3.8) is 0 Å². The zero-order valence-corrected chi connectivity index (χ0v) is 21.8. The van der Waals surface area contributed by atoms with Crippen LogP contribution in [0.3, 0.4) is 0 Å². The molecule has 2 atom stereocenters. The van der Waals surface area contributed by atoms with Crippen LogP contribution in [0.4, 0.5) is 0 Å². The lowest BCUT2D eigenvalue weighted by Crippen LogP contribution is -2.49. The molecule has 38 heavy (non-hydrogen) atoms. The van der Waals surface area contributed by atoms with Crippen LogP contribution in [-0.2, 0) is 33.6 Å². The molecule has 18 heteroatoms. The van der Waals surface area contributed by atoms with Crippen molar-refractivity contribution in [3.05, 3.63) is 0 Å². The summed E-state index contributed by atoms with van der Waals surface area (Å²) in [7, 11) is 0. The molecule has 0 fully saturated rings. The zero-order chi connectivity index (χ0) is 29.1. The Morgan fingerprint density at radius 2 is 1.24 bits per heavy atom. The summed E-state index contributed by atoms with van der Waals surface area (Å²) in [5.74, 6) is -6.36. The quantitative estimate of drug-likeness (QED) is 0.0498. The van der Waals surface area contributed by atoms with Crippen LogP contribution < -0.4 is 21.3 Å². The van der Waals surface area contributed by atoms with Gasteiger partial charge in [0.2, 0.25) is 17.7 Å². The summed E-state index contributed by atoms with van der Waals surface area (Å²) >= 11 is 1.93. The number of carboxylic acid groups (broad SMARTS) is 3. The second kappa shape index (κ2) is 19.9. The number of amides is 4. The SMILES string of the molecule is O=C(O)CCCC(=O)N[C@@H](CSCS[C@H](NC(=O)CCCC(=O)O)C(=O)NCC(=O)O)C(=O)NCC(O)O. The third-order valence-electron chi connectivity index (χ3n) is 4.25. The molecule has 0 bridgehead atoms. The highest BCUT2D eigenvalue weighted by Gasteiger charge is 2.24. The molecule has 9 N–H and O–H groups in total. The first-order chi connectivity index (χ1) is 17.8. The second-order valence-electron chi connectivity index (χ2n) is 7.55. The zero-order valence-electron chi connectivity index (χ0n) is 20.2. The largest absolute Gasteiger partial charge is 0.481 e. The summed E-state index contributed by atoms with van der Waals surface area (Å²) in [4.78, 5) is 80.8. The number of aliphatic carboxylic acids is 3. The number of thioether (sulfide) groups is 2. The Hall–Kier alpha value is -3.09. The fraction of sp³-hybridized carbons (Fsp3) is 0.650. The Morgan fingerprint density at radius 1 is 0.684 bits per heavy atom. The van der Waals surface area contributed by atoms with Gasteiger partial charge in [0, 0.05) is 36.5 Å². The maximum Gasteiger partial charge on any atom is 0.322 e. The predicted molar refractivity (Wildman–Crippen MR) is 134 cm³/mol. The molecule has 0 unspecified atom stereocenters. The van der Waals surface area contributed by atoms with Crippen molar-refractivity contribution in [2.45, 2.75) is 56.2 Å². The molecule has 0 heterocycles. The average Bonchev–Trinajstić information content (AvgIpc) is 2.81. The normalized spacial score (nSPS) is 12.2. The molecular weight excluding hydrogens is 552 g/mol. The van der Waals surface area contributed by atoms with Gasteiger partial charge >= 0.3 is 17.9 Å². The first-order valence-electron chi connectivity index (χ1n) is 11.2. The van der Waals surface area contributed by atoms with E-state index >= 15 is 0 Å². The van der Waals surface area contributed by atoms with Crippen LogP contribution in [0.15, 0.2) is 0 Å². The van der Waals surface area contributed by atoms with Crippen molar-refractivity contribution in [1.29, 1.82) is 0 Å². The molecule has 0 radical (unpaired) electrons. The van der Waals surface area contributed by atoms with Gasteiger partial charge in [-0.2, -0.15) is 0 Å². The summed E-state index contributed by atoms with van der Waals surface area (Å²) in [6.07, 6.45) is -2.64. The summed E-state index contributed by atoms with van der Waals surface area (Å²) in [5, 5.41) is 52.0. The van der Waals surface area contributed by atoms with Crippen molar-refractivity contribution in [3.8, 4) is 0 Å². The molecule has 0 rings (SSSR count). The molecule has 0 aliphatic carbocycles. The number of carboxylic acids is 3. The highest BCUT2D eigenvalue weighted by molar-refractivity contribution is 8.16. The van der Waals surface area contributed by atoms with Crippen molar-refractivity contribution in [2.24, 2.45) is 0 Å². The van der Waals surface area contributed by atoms with E-state index in [1.54, 1.807) is 0 Å². The molecule has 16 nitrogen and oxygen atoms in total. The number of carbonyl (C=O) groups is 7. The summed E-state index contributed by atoms with van der Waals surface area (Å²) in [5.41, 5.74) is 0. The Balaban J connectivity index is 5.04. The van der Waals surface area contributed by atoms with Crippen molar-refractivity contribution in [1.82, 2.24) is 21.3 Å². The van der Waals surface area contributed by atoms with Gasteiger partial charge in [-0.25, -0.2) is 0 Å². The van der Waals surface area contributed by atoms with E-state index in [0.29, 0.717) is 0 Å². The van der Waals surface area contributed by atoms with Crippen LogP contribution in [0.1, 0.15) is 38.5 Å². The van der Waals surface area contributed by atoms with E-state index in [4.69, 9.17) is 25.5 Å². The number of carbonyl (C=O) groups excluding carboxylic acids is 4. The Bertz CT molecular complexity index is 843. The number of aliphatic hydroxyl groups excluding tert-OH is 1. The predicted octanol–water partition coefficient (Wildman–Crippen LogP) is -2.53. The standard InChI is InChI=1S/C20H32N4O12S2/c25-12(3-1-5-14(27)28)23-11(18(35)21-7-16(31)32)9-37-10-38-20(19(36)22-8-17(33)34)24-13(26)4-2-6-15(29)30/h11,16,20,31-32H,1-10H2,(H,21,35)(H,22,36)(H,23,25)(H,24,26)(H,27,28)(H,29,30)(H,33,34)/t11-,20-/m0/s1. The fourth-order valence-corrected chi connectivity index (χ4v) is 4.74. The third kappa shape index (κ3) is 19.1. The van der Waals surface area contributed by atoms with Gasteiger partial charge in [-0.3, -0.25) is 33.6 Å². The third-order valence-corrected chi connectivity index (χ3v) is 6.69. The molecule has 0 aliphatic rings. The molecule has 0 aromatic carbocycles. The lowest BCUT2D eigenvalue weighted by Gasteiger charge is -2.20. The maximum atomic E-state index is 12.4. The Morgan fingerprint density at radius 3 is 1.74 bits per heavy atom. The molecular formula is C20H32N4O12S2. The van der Waals surface area contributed by atoms with Gasteiger partial charge < -0.3 is 46.8 Å². The first-order valence-corrected chi connectivity index (χ1v) is 13.4. The Kier molecular flexibility index (Phi) is 18.3. The monoisotopic (exact) mass is 584 g/mol. The van der Waals surface area contributed by atoms with Gasteiger partial charge in [0.15, 0.2) is 11.7 Å². The molecule has 0 aliphatic heterocycles. The topological polar surface area (TPSA) is 269 Å². The summed E-state index contributed by atoms with van der Waals surface area (Å²) in [6, 6.07) is -1.15. The summed E-state index contributed by atoms with van der Waals surface area (Å²) in [6.45, 7) is -1.21. The molecule has 216 valence electrons. The number of nitrogens with one attached hydrogen (secondary N) is 4. The minimum absolute atomic E-state index is 0.0234. The molecule has 4 amide bonds. The minimum Gasteiger partial charge on any atom is -0.481 e. The van der Waals surface area contributed by atoms with Gasteiger partial charge in [-0.1, -0.05) is 0 Å². The van der Waals surface area contributed by atoms with Crippen LogP contribution in [0, 0.1) is 0 Å². The first kappa shape index (κ1) is 34.9. The van der Waals surface area contributed by atoms with Crippen LogP contribution >= 0.6 is 23.5 Å². The van der Waals surface area contributed by atoms with E-state index < -0.39 is 72.3 Å². The van der Waals surface area contributed by atoms with Crippen LogP contribution in [0.25, 0.3) is 0 Å². The highest BCUT2D eigenvalue weighted by atomic mass is 32.2. The molecule has 0 aromatic rings. The van der Waals surface area contributed by atoms with Crippen molar-refractivity contribution >= 4 is 65.1 Å². The molecule has 0 aromatic heterocycles. The van der Waals surface area contributed by atoms with Gasteiger partial charge in [0.05, 0.1) is 6.54 Å². The average molecular weight is 585 g/mol. The second-order valence-corrected chi connectivity index (χ2v) is 10.0. The maximum absolute atomic E-state index is 12.4. The van der Waals surface area contributed by atoms with Gasteiger partial charge in [-0.15, -0.1) is 23.5 Å². The van der Waals surface area contributed by atoms with E-state index in [9.17, 15) is 33.6 Å². The lowest BCUT2D eigenvalue weighted by molar-refractivity contribution is -0.138.